The molecule has 68 valence electrons. The van der Waals surface area contributed by atoms with Gasteiger partial charge in [0, 0.05) is 13.1 Å². The Morgan fingerprint density at radius 3 is 3.25 bits per heavy atom. The molecule has 2 heterocycles. The van der Waals surface area contributed by atoms with Crippen molar-refractivity contribution < 1.29 is 9.53 Å². The summed E-state index contributed by atoms with van der Waals surface area (Å²) in [5, 5.41) is 2.83. The first-order valence-electron chi connectivity index (χ1n) is 4.28. The van der Waals surface area contributed by atoms with Gasteiger partial charge in [0.2, 0.25) is 0 Å². The third-order valence-corrected chi connectivity index (χ3v) is 2.74. The Kier molecular flexibility index (Phi) is 1.54. The molecule has 2 fully saturated rings. The van der Waals surface area contributed by atoms with Crippen LogP contribution in [0, 0.1) is 0 Å². The molecule has 0 saturated carbocycles. The molecule has 0 aromatic heterocycles. The first-order valence-corrected chi connectivity index (χ1v) is 4.28. The van der Waals surface area contributed by atoms with E-state index in [9.17, 15) is 4.79 Å². The number of rotatable bonds is 0. The number of carbonyl (C=O) groups excluding carboxylic acids is 1. The van der Waals surface area contributed by atoms with Gasteiger partial charge in [-0.15, -0.1) is 0 Å². The molecule has 0 aromatic rings. The van der Waals surface area contributed by atoms with Crippen molar-refractivity contribution in [3.63, 3.8) is 0 Å². The van der Waals surface area contributed by atoms with Crippen LogP contribution in [0.15, 0.2) is 0 Å². The molecule has 12 heavy (non-hydrogen) atoms. The molecule has 1 amide bonds. The van der Waals surface area contributed by atoms with Gasteiger partial charge in [-0.25, -0.2) is 4.79 Å². The van der Waals surface area contributed by atoms with Crippen LogP contribution in [0.4, 0.5) is 4.79 Å². The summed E-state index contributed by atoms with van der Waals surface area (Å²) in [4.78, 5) is 13.2. The highest BCUT2D eigenvalue weighted by molar-refractivity contribution is 5.71. The molecule has 2 atom stereocenters. The first kappa shape index (κ1) is 7.86. The zero-order valence-corrected chi connectivity index (χ0v) is 7.46. The fourth-order valence-electron chi connectivity index (χ4n) is 2.09. The smallest absolute Gasteiger partial charge is 0.408 e. The number of nitrogens with zero attached hydrogens (tertiary/aromatic N) is 1. The molecule has 0 aromatic carbocycles. The van der Waals surface area contributed by atoms with Gasteiger partial charge in [0.1, 0.15) is 5.60 Å². The maximum atomic E-state index is 11.0. The average molecular weight is 170 g/mol. The number of fused-ring (bicyclic) bond motifs is 1. The second-order valence-corrected chi connectivity index (χ2v) is 3.93. The van der Waals surface area contributed by atoms with Crippen molar-refractivity contribution in [2.24, 2.45) is 0 Å². The van der Waals surface area contributed by atoms with Crippen molar-refractivity contribution in [1.82, 2.24) is 10.2 Å². The van der Waals surface area contributed by atoms with E-state index in [1.54, 1.807) is 0 Å². The van der Waals surface area contributed by atoms with E-state index in [1.807, 2.05) is 14.0 Å². The predicted octanol–water partition coefficient (Wildman–Crippen LogP) is 0.189. The van der Waals surface area contributed by atoms with Gasteiger partial charge >= 0.3 is 6.09 Å². The Balaban J connectivity index is 2.16. The lowest BCUT2D eigenvalue weighted by atomic mass is 9.90. The number of nitrogens with one attached hydrogen (secondary N) is 1. The fourth-order valence-corrected chi connectivity index (χ4v) is 2.09. The molecular formula is C8H14N2O2. The largest absolute Gasteiger partial charge is 0.440 e. The Hall–Kier alpha value is -0.770. The summed E-state index contributed by atoms with van der Waals surface area (Å²) in [5.41, 5.74) is -0.302. The van der Waals surface area contributed by atoms with Crippen molar-refractivity contribution in [2.75, 3.05) is 20.1 Å². The second kappa shape index (κ2) is 2.36. The first-order chi connectivity index (χ1) is 5.60. The molecule has 0 bridgehead atoms. The molecule has 2 rings (SSSR count). The highest BCUT2D eigenvalue weighted by atomic mass is 16.6. The lowest BCUT2D eigenvalue weighted by Gasteiger charge is -2.37. The molecular weight excluding hydrogens is 156 g/mol. The molecule has 1 N–H and O–H groups in total. The highest BCUT2D eigenvalue weighted by Crippen LogP contribution is 2.28. The number of likely N-dealkylation sites (N-methyl/N-ethyl adjacent to an activating group) is 1. The van der Waals surface area contributed by atoms with Crippen molar-refractivity contribution >= 4 is 6.09 Å². The minimum absolute atomic E-state index is 0.209. The van der Waals surface area contributed by atoms with Gasteiger partial charge in [0.05, 0.1) is 6.04 Å². The monoisotopic (exact) mass is 170 g/mol. The Morgan fingerprint density at radius 1 is 1.75 bits per heavy atom. The summed E-state index contributed by atoms with van der Waals surface area (Å²) in [5.74, 6) is 0. The van der Waals surface area contributed by atoms with Crippen LogP contribution in [-0.4, -0.2) is 42.8 Å². The normalized spacial score (nSPS) is 41.8. The maximum Gasteiger partial charge on any atom is 0.408 e. The Bertz CT molecular complexity index is 219. The van der Waals surface area contributed by atoms with Gasteiger partial charge in [0.25, 0.3) is 0 Å². The minimum atomic E-state index is -0.302. The molecule has 2 aliphatic heterocycles. The van der Waals surface area contributed by atoms with Crippen molar-refractivity contribution in [3.05, 3.63) is 0 Å². The third kappa shape index (κ3) is 1.06. The number of likely N-dealkylation sites (tertiary alicyclic amines) is 1. The molecule has 4 nitrogen and oxygen atoms in total. The van der Waals surface area contributed by atoms with Crippen LogP contribution in [0.5, 0.6) is 0 Å². The SMILES string of the molecule is CN1CCC2NC(=O)OC2(C)C1. The summed E-state index contributed by atoms with van der Waals surface area (Å²) in [6.45, 7) is 3.85. The van der Waals surface area contributed by atoms with Gasteiger partial charge in [-0.2, -0.15) is 0 Å². The molecule has 0 aliphatic carbocycles. The Labute approximate surface area is 71.9 Å². The van der Waals surface area contributed by atoms with Gasteiger partial charge in [-0.3, -0.25) is 0 Å². The number of hydrogen-bond donors (Lipinski definition) is 1. The van der Waals surface area contributed by atoms with Crippen LogP contribution in [0.25, 0.3) is 0 Å². The van der Waals surface area contributed by atoms with Gasteiger partial charge in [-0.05, 0) is 20.4 Å². The third-order valence-electron chi connectivity index (χ3n) is 2.74. The lowest BCUT2D eigenvalue weighted by molar-refractivity contribution is 0.000987. The van der Waals surface area contributed by atoms with Gasteiger partial charge in [0.15, 0.2) is 0 Å². The maximum absolute atomic E-state index is 11.0. The van der Waals surface area contributed by atoms with Crippen molar-refractivity contribution in [2.45, 2.75) is 25.0 Å². The summed E-state index contributed by atoms with van der Waals surface area (Å²) in [6.07, 6.45) is 0.719. The van der Waals surface area contributed by atoms with Gasteiger partial charge in [-0.1, -0.05) is 0 Å². The molecule has 4 heteroatoms. The van der Waals surface area contributed by atoms with Crippen LogP contribution in [0.3, 0.4) is 0 Å². The van der Waals surface area contributed by atoms with E-state index in [0.29, 0.717) is 0 Å². The minimum Gasteiger partial charge on any atom is -0.440 e. The van der Waals surface area contributed by atoms with Crippen LogP contribution in [-0.2, 0) is 4.74 Å². The quantitative estimate of drug-likeness (QED) is 0.564. The summed E-state index contributed by atoms with van der Waals surface area (Å²) >= 11 is 0. The van der Waals surface area contributed by atoms with E-state index in [1.165, 1.54) is 0 Å². The fraction of sp³-hybridized carbons (Fsp3) is 0.875. The molecule has 2 saturated heterocycles. The van der Waals surface area contributed by atoms with E-state index in [0.717, 1.165) is 19.5 Å². The second-order valence-electron chi connectivity index (χ2n) is 3.93. The number of carbonyl (C=O) groups is 1. The number of alkyl carbamates (subject to hydrolysis) is 1. The van der Waals surface area contributed by atoms with E-state index in [4.69, 9.17) is 4.74 Å². The molecule has 0 radical (unpaired) electrons. The number of hydrogen-bond acceptors (Lipinski definition) is 3. The molecule has 2 aliphatic rings. The zero-order chi connectivity index (χ0) is 8.77. The van der Waals surface area contributed by atoms with Gasteiger partial charge < -0.3 is 15.0 Å². The van der Waals surface area contributed by atoms with E-state index >= 15 is 0 Å². The zero-order valence-electron chi connectivity index (χ0n) is 7.46. The number of ether oxygens (including phenoxy) is 1. The van der Waals surface area contributed by atoms with E-state index < -0.39 is 0 Å². The average Bonchev–Trinajstić information content (AvgIpc) is 2.22. The summed E-state index contributed by atoms with van der Waals surface area (Å²) < 4.78 is 5.23. The molecule has 0 spiro atoms. The van der Waals surface area contributed by atoms with Crippen LogP contribution >= 0.6 is 0 Å². The lowest BCUT2D eigenvalue weighted by Crippen LogP contribution is -2.54. The highest BCUT2D eigenvalue weighted by Gasteiger charge is 2.47. The van der Waals surface area contributed by atoms with Crippen molar-refractivity contribution in [3.8, 4) is 0 Å². The number of amides is 1. The topological polar surface area (TPSA) is 41.6 Å². The summed E-state index contributed by atoms with van der Waals surface area (Å²) in [6, 6.07) is 0.209. The molecule has 2 unspecified atom stereocenters. The number of piperidine rings is 1. The Morgan fingerprint density at radius 2 is 2.50 bits per heavy atom. The van der Waals surface area contributed by atoms with E-state index in [2.05, 4.69) is 10.2 Å². The standard InChI is InChI=1S/C8H14N2O2/c1-8-5-10(2)4-3-6(8)9-7(11)12-8/h6H,3-5H2,1-2H3,(H,9,11). The van der Waals surface area contributed by atoms with Crippen LogP contribution in [0.1, 0.15) is 13.3 Å². The van der Waals surface area contributed by atoms with Crippen molar-refractivity contribution in [1.29, 1.82) is 0 Å². The van der Waals surface area contributed by atoms with Crippen LogP contribution in [0.2, 0.25) is 0 Å². The predicted molar refractivity (Wildman–Crippen MR) is 43.9 cm³/mol. The summed E-state index contributed by atoms with van der Waals surface area (Å²) in [7, 11) is 2.05. The van der Waals surface area contributed by atoms with Crippen LogP contribution < -0.4 is 5.32 Å². The van der Waals surface area contributed by atoms with E-state index in [-0.39, 0.29) is 17.7 Å².